The number of fused-ring (bicyclic) bond motifs is 2. The average molecular weight is 373 g/mol. The third kappa shape index (κ3) is 4.13. The van der Waals surface area contributed by atoms with Crippen LogP contribution in [-0.2, 0) is 16.4 Å². The Morgan fingerprint density at radius 2 is 1.67 bits per heavy atom. The van der Waals surface area contributed by atoms with E-state index in [1.807, 2.05) is 12.1 Å². The molecule has 2 aliphatic heterocycles. The standard InChI is InChI=1S/C18H28N2O2S.ClH/c1-13(2)10-14-4-8-18(9-5-14)23(21,22)20(3)17-11-15-6-7-16(12-17)19-15;/h4-5,8-9,13,15-17,19H,6-7,10-12H2,1-3H3;1H. The minimum absolute atomic E-state index is 0. The highest BCUT2D eigenvalue weighted by Crippen LogP contribution is 2.31. The van der Waals surface area contributed by atoms with Crippen molar-refractivity contribution in [2.75, 3.05) is 7.05 Å². The monoisotopic (exact) mass is 372 g/mol. The van der Waals surface area contributed by atoms with Crippen LogP contribution in [0, 0.1) is 5.92 Å². The molecule has 0 spiro atoms. The molecule has 0 saturated carbocycles. The van der Waals surface area contributed by atoms with E-state index in [0.29, 0.717) is 22.9 Å². The van der Waals surface area contributed by atoms with Crippen LogP contribution in [-0.4, -0.2) is 37.9 Å². The second-order valence-electron chi connectivity index (χ2n) is 7.53. The lowest BCUT2D eigenvalue weighted by Gasteiger charge is -2.34. The van der Waals surface area contributed by atoms with Crippen LogP contribution in [0.5, 0.6) is 0 Å². The Bertz CT molecular complexity index is 633. The summed E-state index contributed by atoms with van der Waals surface area (Å²) in [5.74, 6) is 0.574. The fraction of sp³-hybridized carbons (Fsp3) is 0.667. The molecule has 4 nitrogen and oxygen atoms in total. The van der Waals surface area contributed by atoms with Gasteiger partial charge in [0.05, 0.1) is 4.90 Å². The normalized spacial score (nSPS) is 26.6. The van der Waals surface area contributed by atoms with Crippen LogP contribution in [0.4, 0.5) is 0 Å². The Hall–Kier alpha value is -0.620. The summed E-state index contributed by atoms with van der Waals surface area (Å²) in [6.45, 7) is 4.34. The second kappa shape index (κ2) is 7.73. The Morgan fingerprint density at radius 3 is 2.17 bits per heavy atom. The van der Waals surface area contributed by atoms with Gasteiger partial charge in [0.15, 0.2) is 0 Å². The predicted molar refractivity (Wildman–Crippen MR) is 100 cm³/mol. The average Bonchev–Trinajstić information content (AvgIpc) is 2.84. The zero-order valence-electron chi connectivity index (χ0n) is 14.7. The van der Waals surface area contributed by atoms with Gasteiger partial charge in [0, 0.05) is 25.2 Å². The minimum Gasteiger partial charge on any atom is -0.311 e. The molecule has 0 amide bonds. The predicted octanol–water partition coefficient (Wildman–Crippen LogP) is 3.21. The summed E-state index contributed by atoms with van der Waals surface area (Å²) in [5.41, 5.74) is 1.20. The molecule has 2 heterocycles. The van der Waals surface area contributed by atoms with Crippen molar-refractivity contribution in [3.8, 4) is 0 Å². The number of rotatable bonds is 5. The van der Waals surface area contributed by atoms with Gasteiger partial charge in [-0.1, -0.05) is 26.0 Å². The van der Waals surface area contributed by atoms with Crippen LogP contribution in [0.2, 0.25) is 0 Å². The molecule has 3 rings (SSSR count). The molecule has 136 valence electrons. The van der Waals surface area contributed by atoms with E-state index in [9.17, 15) is 8.42 Å². The van der Waals surface area contributed by atoms with Crippen LogP contribution >= 0.6 is 12.4 Å². The van der Waals surface area contributed by atoms with Crippen molar-refractivity contribution in [1.29, 1.82) is 0 Å². The molecule has 2 aliphatic rings. The number of hydrogen-bond donors (Lipinski definition) is 1. The molecule has 1 N–H and O–H groups in total. The lowest BCUT2D eigenvalue weighted by Crippen LogP contribution is -2.48. The number of piperidine rings is 1. The fourth-order valence-electron chi connectivity index (χ4n) is 3.96. The smallest absolute Gasteiger partial charge is 0.243 e. The SMILES string of the molecule is CC(C)Cc1ccc(S(=O)(=O)N(C)C2CC3CCC(C2)N3)cc1.Cl. The molecule has 2 unspecified atom stereocenters. The molecule has 1 aromatic carbocycles. The maximum absolute atomic E-state index is 12.9. The van der Waals surface area contributed by atoms with E-state index in [-0.39, 0.29) is 18.4 Å². The Balaban J connectivity index is 0.00000208. The largest absolute Gasteiger partial charge is 0.311 e. The first-order valence-electron chi connectivity index (χ1n) is 8.69. The molecule has 1 aromatic rings. The number of sulfonamides is 1. The van der Waals surface area contributed by atoms with E-state index in [1.165, 1.54) is 18.4 Å². The molecular formula is C18H29ClN2O2S. The molecule has 2 atom stereocenters. The zero-order chi connectivity index (χ0) is 16.6. The van der Waals surface area contributed by atoms with Crippen LogP contribution in [0.15, 0.2) is 29.2 Å². The Kier molecular flexibility index (Phi) is 6.35. The maximum atomic E-state index is 12.9. The quantitative estimate of drug-likeness (QED) is 0.863. The fourth-order valence-corrected chi connectivity index (χ4v) is 5.33. The van der Waals surface area contributed by atoms with Crippen LogP contribution in [0.3, 0.4) is 0 Å². The second-order valence-corrected chi connectivity index (χ2v) is 9.52. The maximum Gasteiger partial charge on any atom is 0.243 e. The van der Waals surface area contributed by atoms with Crippen LogP contribution in [0.1, 0.15) is 45.1 Å². The first-order chi connectivity index (χ1) is 10.9. The molecule has 24 heavy (non-hydrogen) atoms. The van der Waals surface area contributed by atoms with E-state index < -0.39 is 10.0 Å². The van der Waals surface area contributed by atoms with Crippen molar-refractivity contribution >= 4 is 22.4 Å². The van der Waals surface area contributed by atoms with Crippen molar-refractivity contribution in [3.05, 3.63) is 29.8 Å². The van der Waals surface area contributed by atoms with Gasteiger partial charge in [0.1, 0.15) is 0 Å². The van der Waals surface area contributed by atoms with E-state index in [0.717, 1.165) is 19.3 Å². The van der Waals surface area contributed by atoms with Gasteiger partial charge < -0.3 is 5.32 Å². The van der Waals surface area contributed by atoms with E-state index in [4.69, 9.17) is 0 Å². The summed E-state index contributed by atoms with van der Waals surface area (Å²) < 4.78 is 27.4. The van der Waals surface area contributed by atoms with Crippen molar-refractivity contribution < 1.29 is 8.42 Å². The van der Waals surface area contributed by atoms with Gasteiger partial charge in [-0.05, 0) is 55.7 Å². The van der Waals surface area contributed by atoms with Crippen molar-refractivity contribution in [2.24, 2.45) is 5.92 Å². The zero-order valence-corrected chi connectivity index (χ0v) is 16.4. The number of hydrogen-bond acceptors (Lipinski definition) is 3. The highest BCUT2D eigenvalue weighted by Gasteiger charge is 2.38. The highest BCUT2D eigenvalue weighted by atomic mass is 35.5. The van der Waals surface area contributed by atoms with E-state index in [2.05, 4.69) is 19.2 Å². The first kappa shape index (κ1) is 19.7. The van der Waals surface area contributed by atoms with Gasteiger partial charge in [-0.3, -0.25) is 0 Å². The summed E-state index contributed by atoms with van der Waals surface area (Å²) in [6, 6.07) is 8.53. The van der Waals surface area contributed by atoms with Crippen molar-refractivity contribution in [3.63, 3.8) is 0 Å². The lowest BCUT2D eigenvalue weighted by atomic mass is 10.0. The van der Waals surface area contributed by atoms with Gasteiger partial charge in [-0.25, -0.2) is 8.42 Å². The molecule has 2 fully saturated rings. The van der Waals surface area contributed by atoms with Gasteiger partial charge in [0.25, 0.3) is 0 Å². The molecular weight excluding hydrogens is 344 g/mol. The van der Waals surface area contributed by atoms with Crippen LogP contribution < -0.4 is 5.32 Å². The highest BCUT2D eigenvalue weighted by molar-refractivity contribution is 7.89. The third-order valence-corrected chi connectivity index (χ3v) is 7.13. The summed E-state index contributed by atoms with van der Waals surface area (Å²) >= 11 is 0. The van der Waals surface area contributed by atoms with E-state index in [1.54, 1.807) is 23.5 Å². The van der Waals surface area contributed by atoms with Gasteiger partial charge in [-0.15, -0.1) is 12.4 Å². The lowest BCUT2D eigenvalue weighted by molar-refractivity contribution is 0.251. The Labute approximate surface area is 152 Å². The molecule has 2 saturated heterocycles. The van der Waals surface area contributed by atoms with Crippen molar-refractivity contribution in [1.82, 2.24) is 9.62 Å². The molecule has 0 aliphatic carbocycles. The third-order valence-electron chi connectivity index (χ3n) is 5.21. The van der Waals surface area contributed by atoms with E-state index >= 15 is 0 Å². The summed E-state index contributed by atoms with van der Waals surface area (Å²) in [5, 5.41) is 3.57. The summed E-state index contributed by atoms with van der Waals surface area (Å²) in [7, 11) is -1.65. The van der Waals surface area contributed by atoms with Gasteiger partial charge in [-0.2, -0.15) is 4.31 Å². The molecule has 6 heteroatoms. The molecule has 2 bridgehead atoms. The number of nitrogens with zero attached hydrogens (tertiary/aromatic N) is 1. The molecule has 0 radical (unpaired) electrons. The first-order valence-corrected chi connectivity index (χ1v) is 10.1. The number of benzene rings is 1. The molecule has 0 aromatic heterocycles. The number of halogens is 1. The van der Waals surface area contributed by atoms with Crippen LogP contribution in [0.25, 0.3) is 0 Å². The van der Waals surface area contributed by atoms with Gasteiger partial charge >= 0.3 is 0 Å². The summed E-state index contributed by atoms with van der Waals surface area (Å²) in [6.07, 6.45) is 5.20. The van der Waals surface area contributed by atoms with Crippen molar-refractivity contribution in [2.45, 2.75) is 69.0 Å². The topological polar surface area (TPSA) is 49.4 Å². The summed E-state index contributed by atoms with van der Waals surface area (Å²) in [4.78, 5) is 0.415. The minimum atomic E-state index is -3.40. The Morgan fingerprint density at radius 1 is 1.12 bits per heavy atom. The van der Waals surface area contributed by atoms with Gasteiger partial charge in [0.2, 0.25) is 10.0 Å². The number of nitrogens with one attached hydrogen (secondary N) is 1.